The number of carbonyl (C=O) groups is 1. The monoisotopic (exact) mass is 197 g/mol. The van der Waals surface area contributed by atoms with E-state index in [-0.39, 0.29) is 12.5 Å². The predicted molar refractivity (Wildman–Crippen MR) is 53.0 cm³/mol. The maximum absolute atomic E-state index is 11.1. The first-order chi connectivity index (χ1) is 6.67. The number of aliphatic hydroxyl groups excluding tert-OH is 1. The second-order valence-electron chi connectivity index (χ2n) is 3.02. The van der Waals surface area contributed by atoms with Crippen molar-refractivity contribution in [3.8, 4) is 0 Å². The molecule has 1 aromatic rings. The van der Waals surface area contributed by atoms with Crippen LogP contribution >= 0.6 is 0 Å². The number of anilines is 1. The maximum Gasteiger partial charge on any atom is 0.225 e. The fourth-order valence-electron chi connectivity index (χ4n) is 1.14. The minimum absolute atomic E-state index is 0.0100. The quantitative estimate of drug-likeness (QED) is 0.740. The summed E-state index contributed by atoms with van der Waals surface area (Å²) >= 11 is 0. The van der Waals surface area contributed by atoms with E-state index in [0.29, 0.717) is 18.8 Å². The van der Waals surface area contributed by atoms with E-state index in [1.807, 2.05) is 6.92 Å². The van der Waals surface area contributed by atoms with E-state index in [1.165, 1.54) is 0 Å². The topological polar surface area (TPSA) is 67.2 Å². The Morgan fingerprint density at radius 2 is 2.43 bits per heavy atom. The molecule has 0 saturated heterocycles. The molecule has 0 spiro atoms. The Kier molecular flexibility index (Phi) is 3.64. The Morgan fingerprint density at radius 3 is 3.00 bits per heavy atom. The number of carbonyl (C=O) groups excluding carboxylic acids is 1. The fraction of sp³-hybridized carbons (Fsp3) is 0.556. The molecule has 5 heteroatoms. The Morgan fingerprint density at radius 1 is 1.71 bits per heavy atom. The van der Waals surface area contributed by atoms with E-state index < -0.39 is 0 Å². The molecule has 0 atom stereocenters. The summed E-state index contributed by atoms with van der Waals surface area (Å²) < 4.78 is 1.59. The Balaban J connectivity index is 2.78. The summed E-state index contributed by atoms with van der Waals surface area (Å²) in [6.45, 7) is 4.04. The molecule has 0 bridgehead atoms. The zero-order chi connectivity index (χ0) is 10.6. The van der Waals surface area contributed by atoms with E-state index in [0.717, 1.165) is 5.69 Å². The molecule has 0 aliphatic carbocycles. The van der Waals surface area contributed by atoms with Gasteiger partial charge in [-0.25, -0.2) is 4.68 Å². The lowest BCUT2D eigenvalue weighted by atomic mass is 10.4. The largest absolute Gasteiger partial charge is 0.394 e. The van der Waals surface area contributed by atoms with Gasteiger partial charge in [-0.1, -0.05) is 6.92 Å². The van der Waals surface area contributed by atoms with Crippen LogP contribution in [0.25, 0.3) is 0 Å². The first kappa shape index (κ1) is 10.7. The van der Waals surface area contributed by atoms with Gasteiger partial charge in [-0.2, -0.15) is 5.10 Å². The lowest BCUT2D eigenvalue weighted by molar-refractivity contribution is -0.115. The number of aliphatic hydroxyl groups is 1. The first-order valence-corrected chi connectivity index (χ1v) is 4.62. The van der Waals surface area contributed by atoms with Crippen molar-refractivity contribution < 1.29 is 9.90 Å². The molecular formula is C9H15N3O2. The third kappa shape index (κ3) is 2.56. The molecule has 14 heavy (non-hydrogen) atoms. The van der Waals surface area contributed by atoms with Gasteiger partial charge in [0.15, 0.2) is 0 Å². The summed E-state index contributed by atoms with van der Waals surface area (Å²) in [6, 6.07) is 1.78. The number of aromatic nitrogens is 2. The number of hydrogen-bond acceptors (Lipinski definition) is 3. The number of nitrogens with one attached hydrogen (secondary N) is 1. The molecule has 0 aliphatic heterocycles. The number of rotatable bonds is 4. The predicted octanol–water partition coefficient (Wildman–Crippen LogP) is 0.532. The van der Waals surface area contributed by atoms with Crippen LogP contribution in [0.1, 0.15) is 19.0 Å². The molecule has 0 fully saturated rings. The van der Waals surface area contributed by atoms with Crippen LogP contribution in [0.5, 0.6) is 0 Å². The van der Waals surface area contributed by atoms with E-state index in [1.54, 1.807) is 17.7 Å². The molecule has 5 nitrogen and oxygen atoms in total. The molecule has 0 unspecified atom stereocenters. The number of aryl methyl sites for hydroxylation is 1. The zero-order valence-electron chi connectivity index (χ0n) is 8.45. The highest BCUT2D eigenvalue weighted by Gasteiger charge is 2.06. The summed E-state index contributed by atoms with van der Waals surface area (Å²) in [5.74, 6) is 0.590. The van der Waals surface area contributed by atoms with Crippen LogP contribution < -0.4 is 5.32 Å². The van der Waals surface area contributed by atoms with E-state index in [2.05, 4.69) is 10.4 Å². The Bertz CT molecular complexity index is 320. The van der Waals surface area contributed by atoms with Gasteiger partial charge in [-0.3, -0.25) is 4.79 Å². The second kappa shape index (κ2) is 4.76. The van der Waals surface area contributed by atoms with Crippen molar-refractivity contribution in [3.63, 3.8) is 0 Å². The molecule has 0 aromatic carbocycles. The summed E-state index contributed by atoms with van der Waals surface area (Å²) in [7, 11) is 0. The lowest BCUT2D eigenvalue weighted by Crippen LogP contribution is -2.15. The number of nitrogens with zero attached hydrogens (tertiary/aromatic N) is 2. The van der Waals surface area contributed by atoms with E-state index in [4.69, 9.17) is 5.11 Å². The lowest BCUT2D eigenvalue weighted by Gasteiger charge is -2.05. The van der Waals surface area contributed by atoms with Crippen molar-refractivity contribution in [2.75, 3.05) is 11.9 Å². The molecule has 1 aromatic heterocycles. The van der Waals surface area contributed by atoms with Gasteiger partial charge in [-0.15, -0.1) is 0 Å². The third-order valence-corrected chi connectivity index (χ3v) is 1.80. The molecule has 1 rings (SSSR count). The zero-order valence-corrected chi connectivity index (χ0v) is 8.45. The third-order valence-electron chi connectivity index (χ3n) is 1.80. The Labute approximate surface area is 82.7 Å². The van der Waals surface area contributed by atoms with Crippen LogP contribution in [0, 0.1) is 6.92 Å². The molecule has 78 valence electrons. The van der Waals surface area contributed by atoms with Gasteiger partial charge in [0, 0.05) is 12.5 Å². The smallest absolute Gasteiger partial charge is 0.225 e. The molecular weight excluding hydrogens is 182 g/mol. The average molecular weight is 197 g/mol. The van der Waals surface area contributed by atoms with Gasteiger partial charge in [0.05, 0.1) is 18.8 Å². The van der Waals surface area contributed by atoms with Crippen molar-refractivity contribution >= 4 is 11.7 Å². The summed E-state index contributed by atoms with van der Waals surface area (Å²) in [4.78, 5) is 11.1. The van der Waals surface area contributed by atoms with Gasteiger partial charge in [-0.05, 0) is 6.92 Å². The Hall–Kier alpha value is -1.36. The van der Waals surface area contributed by atoms with Crippen LogP contribution in [0.3, 0.4) is 0 Å². The minimum Gasteiger partial charge on any atom is -0.394 e. The first-order valence-electron chi connectivity index (χ1n) is 4.62. The average Bonchev–Trinajstić information content (AvgIpc) is 2.47. The molecule has 1 heterocycles. The van der Waals surface area contributed by atoms with Crippen molar-refractivity contribution in [2.24, 2.45) is 0 Å². The number of amides is 1. The van der Waals surface area contributed by atoms with Gasteiger partial charge < -0.3 is 10.4 Å². The SMILES string of the molecule is CCC(=O)Nc1cc(C)nn1CCO. The summed E-state index contributed by atoms with van der Waals surface area (Å²) in [5.41, 5.74) is 0.824. The van der Waals surface area contributed by atoms with Gasteiger partial charge >= 0.3 is 0 Å². The van der Waals surface area contributed by atoms with Crippen LogP contribution in [0.15, 0.2) is 6.07 Å². The van der Waals surface area contributed by atoms with Gasteiger partial charge in [0.2, 0.25) is 5.91 Å². The summed E-state index contributed by atoms with van der Waals surface area (Å²) in [6.07, 6.45) is 0.434. The molecule has 0 saturated carbocycles. The van der Waals surface area contributed by atoms with Crippen LogP contribution in [0.2, 0.25) is 0 Å². The van der Waals surface area contributed by atoms with Crippen molar-refractivity contribution in [1.29, 1.82) is 0 Å². The normalized spacial score (nSPS) is 10.2. The minimum atomic E-state index is -0.0518. The van der Waals surface area contributed by atoms with Crippen LogP contribution in [-0.2, 0) is 11.3 Å². The fourth-order valence-corrected chi connectivity index (χ4v) is 1.14. The molecule has 2 N–H and O–H groups in total. The van der Waals surface area contributed by atoms with Crippen molar-refractivity contribution in [1.82, 2.24) is 9.78 Å². The van der Waals surface area contributed by atoms with Crippen LogP contribution in [0.4, 0.5) is 5.82 Å². The summed E-state index contributed by atoms with van der Waals surface area (Å²) in [5, 5.41) is 15.6. The number of hydrogen-bond donors (Lipinski definition) is 2. The second-order valence-corrected chi connectivity index (χ2v) is 3.02. The van der Waals surface area contributed by atoms with Crippen LogP contribution in [-0.4, -0.2) is 27.4 Å². The molecule has 0 radical (unpaired) electrons. The van der Waals surface area contributed by atoms with Crippen molar-refractivity contribution in [3.05, 3.63) is 11.8 Å². The van der Waals surface area contributed by atoms with E-state index in [9.17, 15) is 4.79 Å². The van der Waals surface area contributed by atoms with E-state index >= 15 is 0 Å². The highest BCUT2D eigenvalue weighted by atomic mass is 16.3. The van der Waals surface area contributed by atoms with Gasteiger partial charge in [0.1, 0.15) is 5.82 Å². The molecule has 1 amide bonds. The highest BCUT2D eigenvalue weighted by Crippen LogP contribution is 2.09. The van der Waals surface area contributed by atoms with Crippen molar-refractivity contribution in [2.45, 2.75) is 26.8 Å². The standard InChI is InChI=1S/C9H15N3O2/c1-3-9(14)10-8-6-7(2)11-12(8)4-5-13/h6,13H,3-5H2,1-2H3,(H,10,14). The van der Waals surface area contributed by atoms with Gasteiger partial charge in [0.25, 0.3) is 0 Å². The highest BCUT2D eigenvalue weighted by molar-refractivity contribution is 5.89. The maximum atomic E-state index is 11.1. The molecule has 0 aliphatic rings.